The van der Waals surface area contributed by atoms with Gasteiger partial charge < -0.3 is 75.1 Å². The molecule has 0 radical (unpaired) electrons. The maximum Gasteiger partial charge on any atom is 0.187 e. The molecule has 2 heterocycles. The Labute approximate surface area is 336 Å². The van der Waals surface area contributed by atoms with E-state index in [9.17, 15) is 56.2 Å². The number of ether oxygens (including phenoxy) is 4. The van der Waals surface area contributed by atoms with Crippen LogP contribution in [0.15, 0.2) is 11.6 Å². The van der Waals surface area contributed by atoms with E-state index in [1.54, 1.807) is 0 Å². The monoisotopic (exact) mass is 816 g/mol. The Morgan fingerprint density at radius 3 is 1.96 bits per heavy atom. The molecule has 5 fully saturated rings. The van der Waals surface area contributed by atoms with Crippen LogP contribution in [-0.4, -0.2) is 161 Å². The summed E-state index contributed by atoms with van der Waals surface area (Å²) in [5, 5.41) is 116. The molecule has 0 spiro atoms. The summed E-state index contributed by atoms with van der Waals surface area (Å²) in [6.07, 6.45) is -11.0. The second-order valence-electron chi connectivity index (χ2n) is 20.4. The maximum absolute atomic E-state index is 11.4. The van der Waals surface area contributed by atoms with Gasteiger partial charge in [-0.1, -0.05) is 53.2 Å². The average Bonchev–Trinajstić information content (AvgIpc) is 3.43. The molecular weight excluding hydrogens is 744 g/mol. The van der Waals surface area contributed by atoms with E-state index in [0.717, 1.165) is 38.5 Å². The molecular formula is C42H72O15. The minimum atomic E-state index is -1.67. The quantitative estimate of drug-likeness (QED) is 0.124. The molecule has 57 heavy (non-hydrogen) atoms. The van der Waals surface area contributed by atoms with Gasteiger partial charge >= 0.3 is 0 Å². The fraction of sp³-hybridized carbons (Fsp3) is 0.952. The molecule has 15 heteroatoms. The standard InChI is InChI=1S/C42H72O15/c1-19(27(44)32(49)35(52)39(4,5)53)20-13-14-42(8)25-11-9-21-22(40(25,6)15-16-41(20,42)7)10-12-26(38(21,2)3)57-37-34(51)31(48)29(46)24(56-37)18-54-36-33(50)30(47)28(45)23(17-43)55-36/h9,19-20,22-37,43-53H,10-18H2,1-8H3/t19-,20?,22?,23+,24+,25?,26?,27-,28-,29-,30+,31+,32+,33+,34+,35+,36+,37-,40?,41?,42?/m0/s1. The molecule has 6 rings (SSSR count). The first-order valence-corrected chi connectivity index (χ1v) is 21.1. The Hall–Kier alpha value is -0.860. The van der Waals surface area contributed by atoms with Gasteiger partial charge in [0.15, 0.2) is 12.6 Å². The molecule has 7 unspecified atom stereocenters. The fourth-order valence-corrected chi connectivity index (χ4v) is 12.7. The third-order valence-electron chi connectivity index (χ3n) is 16.7. The van der Waals surface area contributed by atoms with Gasteiger partial charge in [-0.3, -0.25) is 0 Å². The normalized spacial score (nSPS) is 49.5. The lowest BCUT2D eigenvalue weighted by Gasteiger charge is -2.66. The Bertz CT molecular complexity index is 1440. The van der Waals surface area contributed by atoms with Gasteiger partial charge in [0.1, 0.15) is 61.0 Å². The zero-order valence-corrected chi connectivity index (χ0v) is 34.9. The zero-order valence-electron chi connectivity index (χ0n) is 34.9. The summed E-state index contributed by atoms with van der Waals surface area (Å²) in [4.78, 5) is 0. The van der Waals surface area contributed by atoms with Crippen molar-refractivity contribution in [3.05, 3.63) is 11.6 Å². The van der Waals surface area contributed by atoms with E-state index in [-0.39, 0.29) is 34.0 Å². The van der Waals surface area contributed by atoms with E-state index in [1.807, 2.05) is 6.92 Å². The van der Waals surface area contributed by atoms with Crippen LogP contribution in [0.2, 0.25) is 0 Å². The summed E-state index contributed by atoms with van der Waals surface area (Å²) in [6, 6.07) is 0. The molecule has 0 bridgehead atoms. The van der Waals surface area contributed by atoms with Gasteiger partial charge in [-0.15, -0.1) is 0 Å². The highest BCUT2D eigenvalue weighted by atomic mass is 16.7. The molecule has 0 aromatic heterocycles. The molecule has 0 amide bonds. The lowest BCUT2D eigenvalue weighted by molar-refractivity contribution is -0.340. The predicted molar refractivity (Wildman–Crippen MR) is 204 cm³/mol. The minimum Gasteiger partial charge on any atom is -0.394 e. The van der Waals surface area contributed by atoms with E-state index < -0.39 is 110 Å². The largest absolute Gasteiger partial charge is 0.394 e. The van der Waals surface area contributed by atoms with Crippen molar-refractivity contribution < 1.29 is 75.1 Å². The molecule has 6 aliphatic rings. The van der Waals surface area contributed by atoms with Gasteiger partial charge in [-0.2, -0.15) is 0 Å². The van der Waals surface area contributed by atoms with Crippen molar-refractivity contribution in [1.82, 2.24) is 0 Å². The Kier molecular flexibility index (Phi) is 12.9. The molecule has 11 N–H and O–H groups in total. The first-order valence-electron chi connectivity index (χ1n) is 21.1. The molecule has 2 aliphatic heterocycles. The first kappa shape index (κ1) is 45.7. The predicted octanol–water partition coefficient (Wildman–Crippen LogP) is 0.0906. The summed E-state index contributed by atoms with van der Waals surface area (Å²) < 4.78 is 23.6. The van der Waals surface area contributed by atoms with E-state index in [2.05, 4.69) is 40.7 Å². The Balaban J connectivity index is 1.15. The van der Waals surface area contributed by atoms with Crippen molar-refractivity contribution in [2.45, 2.75) is 192 Å². The smallest absolute Gasteiger partial charge is 0.187 e. The van der Waals surface area contributed by atoms with E-state index >= 15 is 0 Å². The summed E-state index contributed by atoms with van der Waals surface area (Å²) >= 11 is 0. The summed E-state index contributed by atoms with van der Waals surface area (Å²) in [7, 11) is 0. The van der Waals surface area contributed by atoms with Crippen molar-refractivity contribution in [2.75, 3.05) is 13.2 Å². The number of aliphatic hydroxyl groups excluding tert-OH is 10. The van der Waals surface area contributed by atoms with Crippen LogP contribution in [0.25, 0.3) is 0 Å². The molecule has 3 saturated carbocycles. The molecule has 0 aromatic carbocycles. The van der Waals surface area contributed by atoms with Gasteiger partial charge in [-0.05, 0) is 98.7 Å². The van der Waals surface area contributed by atoms with E-state index in [1.165, 1.54) is 19.4 Å². The number of fused-ring (bicyclic) bond motifs is 5. The number of hydrogen-bond acceptors (Lipinski definition) is 15. The van der Waals surface area contributed by atoms with Gasteiger partial charge in [-0.25, -0.2) is 0 Å². The molecule has 330 valence electrons. The van der Waals surface area contributed by atoms with Crippen LogP contribution in [0.5, 0.6) is 0 Å². The topological polar surface area (TPSA) is 259 Å². The van der Waals surface area contributed by atoms with Crippen LogP contribution in [0, 0.1) is 45.3 Å². The Morgan fingerprint density at radius 2 is 1.35 bits per heavy atom. The van der Waals surface area contributed by atoms with Crippen LogP contribution in [-0.2, 0) is 18.9 Å². The molecule has 4 aliphatic carbocycles. The highest BCUT2D eigenvalue weighted by Gasteiger charge is 2.68. The molecule has 15 nitrogen and oxygen atoms in total. The average molecular weight is 817 g/mol. The second-order valence-corrected chi connectivity index (χ2v) is 20.4. The van der Waals surface area contributed by atoms with Crippen molar-refractivity contribution in [1.29, 1.82) is 0 Å². The highest BCUT2D eigenvalue weighted by Crippen LogP contribution is 2.75. The minimum absolute atomic E-state index is 0.0258. The molecule has 2 saturated heterocycles. The van der Waals surface area contributed by atoms with Crippen molar-refractivity contribution in [3.8, 4) is 0 Å². The lowest BCUT2D eigenvalue weighted by atomic mass is 9.39. The van der Waals surface area contributed by atoms with Gasteiger partial charge in [0.05, 0.1) is 31.0 Å². The lowest BCUT2D eigenvalue weighted by Crippen LogP contribution is -2.63. The number of allylic oxidation sites excluding steroid dienone is 1. The first-order chi connectivity index (χ1) is 26.4. The third kappa shape index (κ3) is 7.49. The van der Waals surface area contributed by atoms with Crippen molar-refractivity contribution in [2.24, 2.45) is 45.3 Å². The number of hydrogen-bond donors (Lipinski definition) is 11. The van der Waals surface area contributed by atoms with Crippen LogP contribution >= 0.6 is 0 Å². The Morgan fingerprint density at radius 1 is 0.754 bits per heavy atom. The highest BCUT2D eigenvalue weighted by molar-refractivity contribution is 5.30. The van der Waals surface area contributed by atoms with Crippen LogP contribution in [0.3, 0.4) is 0 Å². The summed E-state index contributed by atoms with van der Waals surface area (Å²) in [6.45, 7) is 15.2. The second kappa shape index (κ2) is 16.1. The summed E-state index contributed by atoms with van der Waals surface area (Å²) in [5.74, 6) is 0.434. The van der Waals surface area contributed by atoms with Gasteiger partial charge in [0, 0.05) is 5.41 Å². The molecule has 0 aromatic rings. The zero-order chi connectivity index (χ0) is 42.4. The van der Waals surface area contributed by atoms with Crippen molar-refractivity contribution >= 4 is 0 Å². The SMILES string of the molecule is C[C@@H](C1CCC2(C)C3CC=C4C(CCC(O[C@@H]5O[C@H](CO[C@@H]6O[C@H](CO)[C@H](O)[C@@H](O)[C@H]6O)[C@H](O)[C@@H](O)[C@H]5O)C4(C)C)C3(C)CCC12C)[C@H](O)[C@@H](O)[C@@H](O)C(C)(C)O. The molecule has 21 atom stereocenters. The number of rotatable bonds is 11. The van der Waals surface area contributed by atoms with E-state index in [4.69, 9.17) is 18.9 Å². The van der Waals surface area contributed by atoms with Gasteiger partial charge in [0.25, 0.3) is 0 Å². The summed E-state index contributed by atoms with van der Waals surface area (Å²) in [5.41, 5.74) is -0.959. The number of aliphatic hydroxyl groups is 11. The fourth-order valence-electron chi connectivity index (χ4n) is 12.7. The maximum atomic E-state index is 11.4. The van der Waals surface area contributed by atoms with E-state index in [0.29, 0.717) is 12.3 Å². The van der Waals surface area contributed by atoms with Crippen LogP contribution < -0.4 is 0 Å². The van der Waals surface area contributed by atoms with Crippen molar-refractivity contribution in [3.63, 3.8) is 0 Å². The van der Waals surface area contributed by atoms with Crippen LogP contribution in [0.1, 0.15) is 100 Å². The van der Waals surface area contributed by atoms with Crippen LogP contribution in [0.4, 0.5) is 0 Å². The van der Waals surface area contributed by atoms with Gasteiger partial charge in [0.2, 0.25) is 0 Å². The third-order valence-corrected chi connectivity index (χ3v) is 16.7.